The van der Waals surface area contributed by atoms with E-state index < -0.39 is 37.2 Å². The summed E-state index contributed by atoms with van der Waals surface area (Å²) in [4.78, 5) is 17.2. The van der Waals surface area contributed by atoms with Crippen LogP contribution in [0.15, 0.2) is 47.3 Å². The Labute approximate surface area is 221 Å². The highest BCUT2D eigenvalue weighted by atomic mass is 35.5. The van der Waals surface area contributed by atoms with Crippen LogP contribution in [0.4, 0.5) is 17.6 Å². The summed E-state index contributed by atoms with van der Waals surface area (Å²) in [5.74, 6) is -0.401. The van der Waals surface area contributed by atoms with Crippen molar-refractivity contribution in [3.8, 4) is 17.1 Å². The number of hydrogen-bond donors (Lipinski definition) is 1. The minimum absolute atomic E-state index is 0.0822. The number of benzene rings is 2. The smallest absolute Gasteiger partial charge is 0.382 e. The molecule has 0 aliphatic heterocycles. The van der Waals surface area contributed by atoms with E-state index in [9.17, 15) is 27.5 Å². The van der Waals surface area contributed by atoms with Gasteiger partial charge in [-0.15, -0.1) is 10.2 Å². The lowest BCUT2D eigenvalue weighted by molar-refractivity contribution is -0.207. The molecule has 0 aliphatic carbocycles. The Hall–Kier alpha value is -2.93. The predicted octanol–water partition coefficient (Wildman–Crippen LogP) is 5.25. The zero-order chi connectivity index (χ0) is 27.1. The maximum atomic E-state index is 14.4. The number of aromatic nitrogens is 6. The highest BCUT2D eigenvalue weighted by molar-refractivity contribution is 6.37. The average Bonchev–Trinajstić information content (AvgIpc) is 3.36. The van der Waals surface area contributed by atoms with E-state index in [0.29, 0.717) is 9.59 Å². The molecular formula is C22H17Cl3F4N6O2. The first kappa shape index (κ1) is 27.1. The summed E-state index contributed by atoms with van der Waals surface area (Å²) >= 11 is 18.4. The summed E-state index contributed by atoms with van der Waals surface area (Å²) in [7, 11) is 0. The van der Waals surface area contributed by atoms with Crippen molar-refractivity contribution in [3.63, 3.8) is 0 Å². The Morgan fingerprint density at radius 2 is 1.65 bits per heavy atom. The molecule has 0 fully saturated rings. The molecule has 8 nitrogen and oxygen atoms in total. The van der Waals surface area contributed by atoms with Gasteiger partial charge in [0.25, 0.3) is 0 Å². The van der Waals surface area contributed by atoms with Gasteiger partial charge in [-0.2, -0.15) is 13.2 Å². The fourth-order valence-corrected chi connectivity index (χ4v) is 4.16. The number of para-hydroxylation sites is 1. The second kappa shape index (κ2) is 10.4. The molecule has 0 saturated carbocycles. The molecule has 0 radical (unpaired) electrons. The van der Waals surface area contributed by atoms with E-state index in [1.54, 1.807) is 6.07 Å². The fraction of sp³-hybridized carbons (Fsp3) is 0.273. The summed E-state index contributed by atoms with van der Waals surface area (Å²) < 4.78 is 56.2. The van der Waals surface area contributed by atoms with Crippen molar-refractivity contribution in [2.45, 2.75) is 38.5 Å². The number of alkyl halides is 4. The Bertz CT molecular complexity index is 1460. The molecule has 15 heteroatoms. The number of halogens is 7. The summed E-state index contributed by atoms with van der Waals surface area (Å²) in [6.45, 7) is -0.319. The summed E-state index contributed by atoms with van der Waals surface area (Å²) in [5.41, 5.74) is -0.540. The van der Waals surface area contributed by atoms with Gasteiger partial charge in [0.2, 0.25) is 0 Å². The van der Waals surface area contributed by atoms with Gasteiger partial charge in [-0.1, -0.05) is 40.9 Å². The SMILES string of the molecule is CC(F)c1nc(Cn2nc(-c3ccc(Cl)cc3)n(C[C@H](O)C(F)(F)F)c2=O)nn1-c1c(Cl)cccc1Cl. The molecule has 2 atom stereocenters. The average molecular weight is 580 g/mol. The van der Waals surface area contributed by atoms with Crippen molar-refractivity contribution in [1.29, 1.82) is 0 Å². The number of rotatable bonds is 7. The van der Waals surface area contributed by atoms with Crippen molar-refractivity contribution < 1.29 is 22.7 Å². The van der Waals surface area contributed by atoms with Crippen LogP contribution in [0.3, 0.4) is 0 Å². The third-order valence-electron chi connectivity index (χ3n) is 5.23. The van der Waals surface area contributed by atoms with E-state index in [-0.39, 0.29) is 38.8 Å². The zero-order valence-electron chi connectivity index (χ0n) is 18.8. The van der Waals surface area contributed by atoms with Gasteiger partial charge < -0.3 is 5.11 Å². The maximum absolute atomic E-state index is 14.4. The second-order valence-corrected chi connectivity index (χ2v) is 9.17. The number of nitrogens with zero attached hydrogens (tertiary/aromatic N) is 6. The molecule has 0 aliphatic rings. The first-order chi connectivity index (χ1) is 17.4. The zero-order valence-corrected chi connectivity index (χ0v) is 21.1. The molecule has 0 amide bonds. The summed E-state index contributed by atoms with van der Waals surface area (Å²) in [5, 5.41) is 18.7. The van der Waals surface area contributed by atoms with Crippen LogP contribution in [-0.2, 0) is 13.1 Å². The van der Waals surface area contributed by atoms with Crippen molar-refractivity contribution in [2.24, 2.45) is 0 Å². The minimum atomic E-state index is -4.97. The molecule has 0 saturated heterocycles. The van der Waals surface area contributed by atoms with Crippen LogP contribution in [-0.4, -0.2) is 46.5 Å². The highest BCUT2D eigenvalue weighted by Gasteiger charge is 2.39. The lowest BCUT2D eigenvalue weighted by Crippen LogP contribution is -2.37. The van der Waals surface area contributed by atoms with Gasteiger partial charge in [0.15, 0.2) is 29.7 Å². The van der Waals surface area contributed by atoms with Gasteiger partial charge in [0.05, 0.1) is 16.6 Å². The molecule has 2 aromatic carbocycles. The Balaban J connectivity index is 1.79. The third kappa shape index (κ3) is 5.66. The first-order valence-corrected chi connectivity index (χ1v) is 11.7. The fourth-order valence-electron chi connectivity index (χ4n) is 3.48. The van der Waals surface area contributed by atoms with E-state index in [4.69, 9.17) is 34.8 Å². The van der Waals surface area contributed by atoms with Gasteiger partial charge in [0.1, 0.15) is 12.2 Å². The van der Waals surface area contributed by atoms with Crippen molar-refractivity contribution in [2.75, 3.05) is 0 Å². The minimum Gasteiger partial charge on any atom is -0.382 e. The van der Waals surface area contributed by atoms with Crippen LogP contribution >= 0.6 is 34.8 Å². The largest absolute Gasteiger partial charge is 0.416 e. The Kier molecular flexibility index (Phi) is 7.65. The lowest BCUT2D eigenvalue weighted by atomic mass is 10.2. The van der Waals surface area contributed by atoms with E-state index >= 15 is 0 Å². The molecule has 196 valence electrons. The Morgan fingerprint density at radius 1 is 1.03 bits per heavy atom. The van der Waals surface area contributed by atoms with Crippen molar-refractivity contribution in [1.82, 2.24) is 29.1 Å². The van der Waals surface area contributed by atoms with Crippen LogP contribution in [0.5, 0.6) is 0 Å². The lowest BCUT2D eigenvalue weighted by Gasteiger charge is -2.15. The van der Waals surface area contributed by atoms with Gasteiger partial charge in [-0.3, -0.25) is 4.57 Å². The van der Waals surface area contributed by atoms with E-state index in [1.807, 2.05) is 0 Å². The molecular weight excluding hydrogens is 563 g/mol. The van der Waals surface area contributed by atoms with Crippen molar-refractivity contribution >= 4 is 34.8 Å². The molecule has 0 bridgehead atoms. The van der Waals surface area contributed by atoms with Crippen LogP contribution < -0.4 is 5.69 Å². The number of aliphatic hydroxyl groups excluding tert-OH is 1. The van der Waals surface area contributed by atoms with Gasteiger partial charge in [0, 0.05) is 10.6 Å². The molecule has 4 aromatic rings. The standard InChI is InChI=1S/C22H17Cl3F4N6O2/c1-11(26)19-30-17(31-35(19)18-14(24)3-2-4-15(18)25)10-34-21(37)33(9-16(36)22(27,28)29)20(32-34)12-5-7-13(23)8-6-12/h2-8,11,16,36H,9-10H2,1H3/t11?,16-/m0/s1. The van der Waals surface area contributed by atoms with Gasteiger partial charge in [-0.05, 0) is 43.3 Å². The molecule has 4 rings (SSSR count). The van der Waals surface area contributed by atoms with Crippen molar-refractivity contribution in [3.05, 3.63) is 79.7 Å². The van der Waals surface area contributed by atoms with Crippen LogP contribution in [0.25, 0.3) is 17.1 Å². The van der Waals surface area contributed by atoms with Crippen LogP contribution in [0.2, 0.25) is 15.1 Å². The first-order valence-electron chi connectivity index (χ1n) is 10.6. The Morgan fingerprint density at radius 3 is 2.22 bits per heavy atom. The molecule has 37 heavy (non-hydrogen) atoms. The molecule has 2 aromatic heterocycles. The molecule has 2 heterocycles. The van der Waals surface area contributed by atoms with Gasteiger partial charge >= 0.3 is 11.9 Å². The third-order valence-corrected chi connectivity index (χ3v) is 6.09. The topological polar surface area (TPSA) is 90.8 Å². The molecule has 1 N–H and O–H groups in total. The van der Waals surface area contributed by atoms with E-state index in [2.05, 4.69) is 15.2 Å². The second-order valence-electron chi connectivity index (χ2n) is 7.92. The van der Waals surface area contributed by atoms with E-state index in [1.165, 1.54) is 43.3 Å². The number of aliphatic hydroxyl groups is 1. The van der Waals surface area contributed by atoms with E-state index in [0.717, 1.165) is 9.36 Å². The molecule has 1 unspecified atom stereocenters. The highest BCUT2D eigenvalue weighted by Crippen LogP contribution is 2.31. The maximum Gasteiger partial charge on any atom is 0.416 e. The summed E-state index contributed by atoms with van der Waals surface area (Å²) in [6.07, 6.45) is -9.42. The number of hydrogen-bond acceptors (Lipinski definition) is 5. The quantitative estimate of drug-likeness (QED) is 0.302. The predicted molar refractivity (Wildman–Crippen MR) is 129 cm³/mol. The van der Waals surface area contributed by atoms with Crippen LogP contribution in [0, 0.1) is 0 Å². The summed E-state index contributed by atoms with van der Waals surface area (Å²) in [6, 6.07) is 10.5. The monoisotopic (exact) mass is 578 g/mol. The normalized spacial score (nSPS) is 13.6. The van der Waals surface area contributed by atoms with Crippen LogP contribution in [0.1, 0.15) is 24.7 Å². The molecule has 0 spiro atoms. The van der Waals surface area contributed by atoms with Gasteiger partial charge in [-0.25, -0.2) is 23.5 Å².